The average molecular weight is 409 g/mol. The van der Waals surface area contributed by atoms with E-state index < -0.39 is 0 Å². The van der Waals surface area contributed by atoms with Crippen molar-refractivity contribution in [2.45, 2.75) is 31.8 Å². The summed E-state index contributed by atoms with van der Waals surface area (Å²) in [5, 5.41) is 5.89. The summed E-state index contributed by atoms with van der Waals surface area (Å²) < 4.78 is 0. The highest BCUT2D eigenvalue weighted by Crippen LogP contribution is 2.17. The van der Waals surface area contributed by atoms with Gasteiger partial charge in [-0.2, -0.15) is 0 Å². The third-order valence-corrected chi connectivity index (χ3v) is 5.41. The van der Waals surface area contributed by atoms with Crippen LogP contribution in [0.15, 0.2) is 72.8 Å². The lowest BCUT2D eigenvalue weighted by Gasteiger charge is -2.25. The fourth-order valence-corrected chi connectivity index (χ4v) is 3.73. The molecule has 0 heterocycles. The van der Waals surface area contributed by atoms with Gasteiger partial charge in [0.05, 0.1) is 6.04 Å². The molecule has 0 aliphatic heterocycles. The Labute approximate surface area is 178 Å². The maximum atomic E-state index is 13.2. The summed E-state index contributed by atoms with van der Waals surface area (Å²) in [5.41, 5.74) is 2.30. The first-order valence-electron chi connectivity index (χ1n) is 10.2. The van der Waals surface area contributed by atoms with Gasteiger partial charge in [-0.1, -0.05) is 72.8 Å². The number of amides is 1. The van der Waals surface area contributed by atoms with Gasteiger partial charge < -0.3 is 10.2 Å². The van der Waals surface area contributed by atoms with Gasteiger partial charge in [0.1, 0.15) is 0 Å². The van der Waals surface area contributed by atoms with E-state index in [1.165, 1.54) is 16.3 Å². The van der Waals surface area contributed by atoms with Crippen molar-refractivity contribution >= 4 is 28.3 Å². The Hall–Kier alpha value is -2.36. The number of nitrogens with one attached hydrogen (secondary N) is 1. The topological polar surface area (TPSA) is 32.3 Å². The third-order valence-electron chi connectivity index (χ3n) is 5.14. The van der Waals surface area contributed by atoms with Crippen LogP contribution >= 0.6 is 11.6 Å². The van der Waals surface area contributed by atoms with Crippen LogP contribution in [0.3, 0.4) is 0 Å². The molecule has 152 valence electrons. The lowest BCUT2D eigenvalue weighted by Crippen LogP contribution is -2.46. The summed E-state index contributed by atoms with van der Waals surface area (Å²) in [4.78, 5) is 15.0. The van der Waals surface area contributed by atoms with Gasteiger partial charge in [-0.15, -0.1) is 11.6 Å². The highest BCUT2D eigenvalue weighted by atomic mass is 35.5. The van der Waals surface area contributed by atoms with Gasteiger partial charge in [0.2, 0.25) is 5.91 Å². The molecule has 1 N–H and O–H groups in total. The summed E-state index contributed by atoms with van der Waals surface area (Å²) in [5.74, 6) is 0.770. The van der Waals surface area contributed by atoms with Crippen molar-refractivity contribution in [1.82, 2.24) is 10.2 Å². The number of benzene rings is 3. The molecule has 1 amide bonds. The van der Waals surface area contributed by atoms with Gasteiger partial charge in [-0.3, -0.25) is 4.79 Å². The van der Waals surface area contributed by atoms with Crippen LogP contribution in [0.4, 0.5) is 0 Å². The Bertz CT molecular complexity index is 913. The molecule has 0 saturated carbocycles. The number of likely N-dealkylation sites (N-methyl/N-ethyl adjacent to an activating group) is 1. The molecular weight excluding hydrogens is 380 g/mol. The summed E-state index contributed by atoms with van der Waals surface area (Å²) in [7, 11) is 1.88. The lowest BCUT2D eigenvalue weighted by atomic mass is 10.0. The number of halogens is 1. The normalized spacial score (nSPS) is 12.1. The zero-order chi connectivity index (χ0) is 20.5. The minimum absolute atomic E-state index is 0.118. The van der Waals surface area contributed by atoms with E-state index >= 15 is 0 Å². The van der Waals surface area contributed by atoms with E-state index in [4.69, 9.17) is 11.6 Å². The largest absolute Gasteiger partial charge is 0.340 e. The van der Waals surface area contributed by atoms with E-state index in [0.29, 0.717) is 18.8 Å². The maximum absolute atomic E-state index is 13.2. The Morgan fingerprint density at radius 1 is 0.931 bits per heavy atom. The molecule has 0 aromatic heterocycles. The minimum atomic E-state index is -0.250. The molecule has 29 heavy (non-hydrogen) atoms. The Balaban J connectivity index is 1.72. The molecular formula is C25H29ClN2O. The molecule has 3 aromatic carbocycles. The van der Waals surface area contributed by atoms with Gasteiger partial charge >= 0.3 is 0 Å². The number of unbranched alkanes of at least 4 members (excludes halogenated alkanes) is 1. The summed E-state index contributed by atoms with van der Waals surface area (Å²) >= 11 is 5.80. The number of hydrogen-bond acceptors (Lipinski definition) is 2. The quantitative estimate of drug-likeness (QED) is 0.377. The molecule has 0 unspecified atom stereocenters. The first-order valence-corrected chi connectivity index (χ1v) is 10.8. The van der Waals surface area contributed by atoms with E-state index in [1.807, 2.05) is 42.3 Å². The summed E-state index contributed by atoms with van der Waals surface area (Å²) in [6.07, 6.45) is 2.59. The second-order valence-corrected chi connectivity index (χ2v) is 7.85. The number of hydrogen-bond donors (Lipinski definition) is 1. The molecule has 3 aromatic rings. The second-order valence-electron chi connectivity index (χ2n) is 7.47. The lowest BCUT2D eigenvalue weighted by molar-refractivity contribution is -0.132. The predicted molar refractivity (Wildman–Crippen MR) is 122 cm³/mol. The minimum Gasteiger partial charge on any atom is -0.340 e. The molecule has 0 aliphatic carbocycles. The van der Waals surface area contributed by atoms with Crippen molar-refractivity contribution in [3.63, 3.8) is 0 Å². The number of alkyl halides is 1. The van der Waals surface area contributed by atoms with Crippen LogP contribution in [-0.2, 0) is 17.8 Å². The molecule has 1 atom stereocenters. The van der Waals surface area contributed by atoms with Crippen molar-refractivity contribution in [1.29, 1.82) is 0 Å². The Morgan fingerprint density at radius 3 is 2.41 bits per heavy atom. The van der Waals surface area contributed by atoms with Crippen LogP contribution in [0.5, 0.6) is 0 Å². The van der Waals surface area contributed by atoms with E-state index in [-0.39, 0.29) is 11.9 Å². The maximum Gasteiger partial charge on any atom is 0.240 e. The van der Waals surface area contributed by atoms with Crippen molar-refractivity contribution in [3.05, 3.63) is 83.9 Å². The second kappa shape index (κ2) is 11.0. The Kier molecular flexibility index (Phi) is 8.09. The van der Waals surface area contributed by atoms with Crippen LogP contribution in [0.1, 0.15) is 24.0 Å². The molecule has 3 nitrogen and oxygen atoms in total. The molecule has 0 aliphatic rings. The Morgan fingerprint density at radius 2 is 1.66 bits per heavy atom. The predicted octanol–water partition coefficient (Wildman–Crippen LogP) is 5.02. The fraction of sp³-hybridized carbons (Fsp3) is 0.320. The smallest absolute Gasteiger partial charge is 0.240 e. The number of nitrogens with zero attached hydrogens (tertiary/aromatic N) is 1. The molecule has 0 spiro atoms. The van der Waals surface area contributed by atoms with Crippen LogP contribution in [0.25, 0.3) is 10.8 Å². The zero-order valence-electron chi connectivity index (χ0n) is 17.0. The van der Waals surface area contributed by atoms with Crippen molar-refractivity contribution in [2.75, 3.05) is 19.5 Å². The first kappa shape index (κ1) is 21.4. The van der Waals surface area contributed by atoms with E-state index in [9.17, 15) is 4.79 Å². The molecule has 0 fully saturated rings. The monoisotopic (exact) mass is 408 g/mol. The van der Waals surface area contributed by atoms with Crippen molar-refractivity contribution < 1.29 is 4.79 Å². The van der Waals surface area contributed by atoms with Gasteiger partial charge in [-0.25, -0.2) is 0 Å². The molecule has 0 bridgehead atoms. The molecule has 0 radical (unpaired) electrons. The van der Waals surface area contributed by atoms with E-state index in [0.717, 1.165) is 24.9 Å². The fourth-order valence-electron chi connectivity index (χ4n) is 3.55. The zero-order valence-corrected chi connectivity index (χ0v) is 17.7. The molecule has 3 rings (SSSR count). The van der Waals surface area contributed by atoms with E-state index in [1.54, 1.807) is 0 Å². The first-order chi connectivity index (χ1) is 14.2. The van der Waals surface area contributed by atoms with Crippen LogP contribution in [-0.4, -0.2) is 36.3 Å². The van der Waals surface area contributed by atoms with E-state index in [2.05, 4.69) is 47.8 Å². The molecule has 4 heteroatoms. The average Bonchev–Trinajstić information content (AvgIpc) is 2.76. The van der Waals surface area contributed by atoms with Crippen LogP contribution < -0.4 is 5.32 Å². The highest BCUT2D eigenvalue weighted by molar-refractivity contribution is 6.17. The van der Waals surface area contributed by atoms with Crippen LogP contribution in [0, 0.1) is 0 Å². The standard InChI is InChI=1S/C25H29ClN2O/c1-28(19-20-9-3-2-4-10-20)25(29)24(27-16-8-7-15-26)18-21-13-14-22-11-5-6-12-23(22)17-21/h2-6,9-14,17,24,27H,7-8,15-16,18-19H2,1H3/t24-/m0/s1. The van der Waals surface area contributed by atoms with Gasteiger partial charge in [0.25, 0.3) is 0 Å². The summed E-state index contributed by atoms with van der Waals surface area (Å²) in [6, 6.07) is 24.6. The van der Waals surface area contributed by atoms with Gasteiger partial charge in [0.15, 0.2) is 0 Å². The SMILES string of the molecule is CN(Cc1ccccc1)C(=O)[C@H](Cc1ccc2ccccc2c1)NCCCCCl. The summed E-state index contributed by atoms with van der Waals surface area (Å²) in [6.45, 7) is 1.40. The third kappa shape index (κ3) is 6.31. The number of carbonyl (C=O) groups is 1. The van der Waals surface area contributed by atoms with Gasteiger partial charge in [-0.05, 0) is 47.7 Å². The number of carbonyl (C=O) groups excluding carboxylic acids is 1. The van der Waals surface area contributed by atoms with Gasteiger partial charge in [0, 0.05) is 19.5 Å². The molecule has 0 saturated heterocycles. The highest BCUT2D eigenvalue weighted by Gasteiger charge is 2.22. The number of fused-ring (bicyclic) bond motifs is 1. The van der Waals surface area contributed by atoms with Crippen molar-refractivity contribution in [3.8, 4) is 0 Å². The van der Waals surface area contributed by atoms with Crippen molar-refractivity contribution in [2.24, 2.45) is 0 Å². The van der Waals surface area contributed by atoms with Crippen LogP contribution in [0.2, 0.25) is 0 Å². The number of rotatable bonds is 10.